The Labute approximate surface area is 97.6 Å². The summed E-state index contributed by atoms with van der Waals surface area (Å²) in [6.07, 6.45) is 2.85. The number of hydrogen-bond donors (Lipinski definition) is 0. The average Bonchev–Trinajstić information content (AvgIpc) is 2.85. The first-order chi connectivity index (χ1) is 8.31. The molecule has 0 saturated heterocycles. The van der Waals surface area contributed by atoms with Crippen LogP contribution in [0.5, 0.6) is 5.75 Å². The van der Waals surface area contributed by atoms with E-state index in [1.165, 1.54) is 6.20 Å². The Bertz CT molecular complexity index is 493. The van der Waals surface area contributed by atoms with Crippen LogP contribution in [0.4, 0.5) is 0 Å². The molecule has 88 valence electrons. The van der Waals surface area contributed by atoms with Crippen molar-refractivity contribution in [1.29, 1.82) is 0 Å². The molecule has 0 atom stereocenters. The van der Waals surface area contributed by atoms with E-state index >= 15 is 0 Å². The summed E-state index contributed by atoms with van der Waals surface area (Å²) >= 11 is 0. The first-order valence-corrected chi connectivity index (χ1v) is 5.17. The van der Waals surface area contributed by atoms with Gasteiger partial charge in [-0.05, 0) is 12.1 Å². The molecule has 0 bridgehead atoms. The summed E-state index contributed by atoms with van der Waals surface area (Å²) in [6.45, 7) is 2.14. The zero-order chi connectivity index (χ0) is 12.1. The van der Waals surface area contributed by atoms with Crippen LogP contribution in [0.15, 0.2) is 22.9 Å². The van der Waals surface area contributed by atoms with Gasteiger partial charge in [0.1, 0.15) is 11.4 Å². The van der Waals surface area contributed by atoms with Gasteiger partial charge < -0.3 is 9.26 Å². The van der Waals surface area contributed by atoms with E-state index < -0.39 is 0 Å². The van der Waals surface area contributed by atoms with Gasteiger partial charge in [-0.2, -0.15) is 4.98 Å². The van der Waals surface area contributed by atoms with E-state index in [9.17, 15) is 4.79 Å². The third-order valence-corrected chi connectivity index (χ3v) is 2.06. The SMILES string of the molecule is CCc1nc(COc2ccc(C=O)nc2)no1. The van der Waals surface area contributed by atoms with Gasteiger partial charge in [0, 0.05) is 6.42 Å². The number of rotatable bonds is 5. The van der Waals surface area contributed by atoms with Crippen molar-refractivity contribution in [3.63, 3.8) is 0 Å². The molecule has 0 aliphatic carbocycles. The Balaban J connectivity index is 1.94. The minimum Gasteiger partial charge on any atom is -0.484 e. The highest BCUT2D eigenvalue weighted by Crippen LogP contribution is 2.10. The van der Waals surface area contributed by atoms with Gasteiger partial charge in [0.05, 0.1) is 6.20 Å². The van der Waals surface area contributed by atoms with Crippen LogP contribution >= 0.6 is 0 Å². The van der Waals surface area contributed by atoms with E-state index in [-0.39, 0.29) is 6.61 Å². The first kappa shape index (κ1) is 11.3. The van der Waals surface area contributed by atoms with Crippen molar-refractivity contribution in [2.45, 2.75) is 20.0 Å². The Morgan fingerprint density at radius 1 is 1.47 bits per heavy atom. The van der Waals surface area contributed by atoms with Gasteiger partial charge in [0.15, 0.2) is 12.9 Å². The molecule has 0 spiro atoms. The molecule has 0 N–H and O–H groups in total. The van der Waals surface area contributed by atoms with Gasteiger partial charge in [0.2, 0.25) is 11.7 Å². The van der Waals surface area contributed by atoms with Crippen molar-refractivity contribution >= 4 is 6.29 Å². The molecule has 0 saturated carbocycles. The quantitative estimate of drug-likeness (QED) is 0.727. The molecule has 0 unspecified atom stereocenters. The third kappa shape index (κ3) is 2.87. The predicted octanol–water partition coefficient (Wildman–Crippen LogP) is 1.42. The fourth-order valence-corrected chi connectivity index (χ4v) is 1.19. The molecule has 6 heteroatoms. The maximum Gasteiger partial charge on any atom is 0.226 e. The second-order valence-electron chi connectivity index (χ2n) is 3.28. The topological polar surface area (TPSA) is 78.1 Å². The number of aromatic nitrogens is 3. The predicted molar refractivity (Wildman–Crippen MR) is 57.6 cm³/mol. The summed E-state index contributed by atoms with van der Waals surface area (Å²) < 4.78 is 10.3. The van der Waals surface area contributed by atoms with Gasteiger partial charge in [-0.15, -0.1) is 0 Å². The summed E-state index contributed by atoms with van der Waals surface area (Å²) in [6, 6.07) is 3.24. The minimum atomic E-state index is 0.214. The second-order valence-corrected chi connectivity index (χ2v) is 3.28. The van der Waals surface area contributed by atoms with Gasteiger partial charge in [0.25, 0.3) is 0 Å². The summed E-state index contributed by atoms with van der Waals surface area (Å²) in [7, 11) is 0. The lowest BCUT2D eigenvalue weighted by atomic mass is 10.4. The van der Waals surface area contributed by atoms with Gasteiger partial charge in [-0.1, -0.05) is 12.1 Å². The van der Waals surface area contributed by atoms with Crippen molar-refractivity contribution < 1.29 is 14.1 Å². The molecule has 2 aromatic rings. The van der Waals surface area contributed by atoms with Crippen LogP contribution in [-0.2, 0) is 13.0 Å². The average molecular weight is 233 g/mol. The van der Waals surface area contributed by atoms with Crippen molar-refractivity contribution in [3.05, 3.63) is 35.7 Å². The number of aldehydes is 1. The van der Waals surface area contributed by atoms with Crippen LogP contribution in [0, 0.1) is 0 Å². The summed E-state index contributed by atoms with van der Waals surface area (Å²) in [5.74, 6) is 1.62. The molecular formula is C11H11N3O3. The summed E-state index contributed by atoms with van der Waals surface area (Å²) in [5, 5.41) is 3.75. The number of pyridine rings is 1. The fraction of sp³-hybridized carbons (Fsp3) is 0.273. The minimum absolute atomic E-state index is 0.214. The number of aryl methyl sites for hydroxylation is 1. The second kappa shape index (κ2) is 5.20. The van der Waals surface area contributed by atoms with Crippen LogP contribution < -0.4 is 4.74 Å². The molecular weight excluding hydrogens is 222 g/mol. The lowest BCUT2D eigenvalue weighted by Crippen LogP contribution is -1.98. The van der Waals surface area contributed by atoms with E-state index in [2.05, 4.69) is 15.1 Å². The number of carbonyl (C=O) groups excluding carboxylic acids is 1. The van der Waals surface area contributed by atoms with Crippen molar-refractivity contribution in [2.75, 3.05) is 0 Å². The van der Waals surface area contributed by atoms with E-state index in [1.54, 1.807) is 12.1 Å². The van der Waals surface area contributed by atoms with Crippen molar-refractivity contribution in [3.8, 4) is 5.75 Å². The zero-order valence-corrected chi connectivity index (χ0v) is 9.29. The molecule has 0 fully saturated rings. The largest absolute Gasteiger partial charge is 0.484 e. The number of nitrogens with zero attached hydrogens (tertiary/aromatic N) is 3. The van der Waals surface area contributed by atoms with Crippen LogP contribution in [0.2, 0.25) is 0 Å². The van der Waals surface area contributed by atoms with E-state index in [4.69, 9.17) is 9.26 Å². The molecule has 2 heterocycles. The molecule has 2 rings (SSSR count). The molecule has 6 nitrogen and oxygen atoms in total. The number of ether oxygens (including phenoxy) is 1. The van der Waals surface area contributed by atoms with Crippen LogP contribution in [-0.4, -0.2) is 21.4 Å². The third-order valence-electron chi connectivity index (χ3n) is 2.06. The molecule has 0 radical (unpaired) electrons. The molecule has 0 amide bonds. The van der Waals surface area contributed by atoms with E-state index in [0.29, 0.717) is 35.9 Å². The Hall–Kier alpha value is -2.24. The van der Waals surface area contributed by atoms with Crippen LogP contribution in [0.3, 0.4) is 0 Å². The summed E-state index contributed by atoms with van der Waals surface area (Å²) in [4.78, 5) is 18.4. The van der Waals surface area contributed by atoms with Gasteiger partial charge in [-0.3, -0.25) is 4.79 Å². The smallest absolute Gasteiger partial charge is 0.226 e. The molecule has 0 aromatic carbocycles. The first-order valence-electron chi connectivity index (χ1n) is 5.17. The number of carbonyl (C=O) groups is 1. The Morgan fingerprint density at radius 3 is 2.94 bits per heavy atom. The molecule has 0 aliphatic rings. The fourth-order valence-electron chi connectivity index (χ4n) is 1.19. The van der Waals surface area contributed by atoms with Gasteiger partial charge in [-0.25, -0.2) is 4.98 Å². The Kier molecular flexibility index (Phi) is 3.44. The standard InChI is InChI=1S/C11H11N3O3/c1-2-11-13-10(14-17-11)7-16-9-4-3-8(6-15)12-5-9/h3-6H,2,7H2,1H3. The monoisotopic (exact) mass is 233 g/mol. The number of hydrogen-bond acceptors (Lipinski definition) is 6. The maximum absolute atomic E-state index is 10.4. The maximum atomic E-state index is 10.4. The molecule has 2 aromatic heterocycles. The highest BCUT2D eigenvalue weighted by molar-refractivity contribution is 5.71. The van der Waals surface area contributed by atoms with E-state index in [0.717, 1.165) is 0 Å². The zero-order valence-electron chi connectivity index (χ0n) is 9.29. The lowest BCUT2D eigenvalue weighted by molar-refractivity contribution is 0.111. The molecule has 17 heavy (non-hydrogen) atoms. The van der Waals surface area contributed by atoms with Gasteiger partial charge >= 0.3 is 0 Å². The Morgan fingerprint density at radius 2 is 2.35 bits per heavy atom. The van der Waals surface area contributed by atoms with Crippen molar-refractivity contribution in [2.24, 2.45) is 0 Å². The molecule has 0 aliphatic heterocycles. The lowest BCUT2D eigenvalue weighted by Gasteiger charge is -2.01. The van der Waals surface area contributed by atoms with Crippen LogP contribution in [0.1, 0.15) is 29.1 Å². The summed E-state index contributed by atoms with van der Waals surface area (Å²) in [5.41, 5.74) is 0.366. The van der Waals surface area contributed by atoms with Crippen LogP contribution in [0.25, 0.3) is 0 Å². The normalized spacial score (nSPS) is 10.2. The highest BCUT2D eigenvalue weighted by atomic mass is 16.5. The van der Waals surface area contributed by atoms with Crippen molar-refractivity contribution in [1.82, 2.24) is 15.1 Å². The highest BCUT2D eigenvalue weighted by Gasteiger charge is 2.05. The van der Waals surface area contributed by atoms with E-state index in [1.807, 2.05) is 6.92 Å².